The van der Waals surface area contributed by atoms with Gasteiger partial charge in [0.2, 0.25) is 0 Å². The van der Waals surface area contributed by atoms with E-state index in [1.54, 1.807) is 0 Å². The van der Waals surface area contributed by atoms with Gasteiger partial charge >= 0.3 is 5.97 Å². The van der Waals surface area contributed by atoms with Gasteiger partial charge in [0.05, 0.1) is 12.5 Å². The number of aliphatic carboxylic acids is 1. The fourth-order valence-corrected chi connectivity index (χ4v) is 2.32. The second kappa shape index (κ2) is 6.18. The molecule has 1 atom stereocenters. The molecule has 1 aromatic carbocycles. The summed E-state index contributed by atoms with van der Waals surface area (Å²) in [6.07, 6.45) is 7.04. The van der Waals surface area contributed by atoms with Crippen molar-refractivity contribution in [3.8, 4) is 0 Å². The molecule has 0 saturated carbocycles. The molecular formula is C15H18N2O2. The lowest BCUT2D eigenvalue weighted by Crippen LogP contribution is -2.12. The summed E-state index contributed by atoms with van der Waals surface area (Å²) in [6, 6.07) is 6.15. The minimum atomic E-state index is -0.791. The summed E-state index contributed by atoms with van der Waals surface area (Å²) in [5.41, 5.74) is 3.30. The average molecular weight is 258 g/mol. The molecule has 1 aromatic rings. The summed E-state index contributed by atoms with van der Waals surface area (Å²) in [5, 5.41) is 11.9. The Hall–Kier alpha value is -2.10. The van der Waals surface area contributed by atoms with Gasteiger partial charge in [0.1, 0.15) is 0 Å². The third kappa shape index (κ3) is 3.22. The molecule has 4 heteroatoms. The van der Waals surface area contributed by atoms with E-state index >= 15 is 0 Å². The minimum absolute atomic E-state index is 0.112. The van der Waals surface area contributed by atoms with Gasteiger partial charge in [0, 0.05) is 17.8 Å². The molecule has 0 saturated heterocycles. The van der Waals surface area contributed by atoms with Gasteiger partial charge in [-0.05, 0) is 31.2 Å². The number of hydrogen-bond acceptors (Lipinski definition) is 3. The van der Waals surface area contributed by atoms with Crippen molar-refractivity contribution in [3.05, 3.63) is 35.4 Å². The number of benzene rings is 1. The number of fused-ring (bicyclic) bond motifs is 1. The Balaban J connectivity index is 2.24. The van der Waals surface area contributed by atoms with Crippen molar-refractivity contribution >= 4 is 23.9 Å². The fraction of sp³-hybridized carbons (Fsp3) is 0.333. The molecule has 0 radical (unpaired) electrons. The van der Waals surface area contributed by atoms with Crippen LogP contribution >= 0.6 is 0 Å². The van der Waals surface area contributed by atoms with Gasteiger partial charge < -0.3 is 10.4 Å². The van der Waals surface area contributed by atoms with Crippen LogP contribution in [0, 0.1) is 0 Å². The standard InChI is InChI=1S/C15H18N2O2/c1-2-16-12-7-3-5-11-6-4-8-13(15(11)12)17-10-9-14(18)19/h2-6,8,12,17H,7,9-10H2,1H3,(H,18,19)/b16-2-. The van der Waals surface area contributed by atoms with E-state index in [4.69, 9.17) is 5.11 Å². The minimum Gasteiger partial charge on any atom is -0.481 e. The van der Waals surface area contributed by atoms with Gasteiger partial charge in [0.15, 0.2) is 0 Å². The summed E-state index contributed by atoms with van der Waals surface area (Å²) < 4.78 is 0. The van der Waals surface area contributed by atoms with Gasteiger partial charge in [0.25, 0.3) is 0 Å². The lowest BCUT2D eigenvalue weighted by Gasteiger charge is -2.22. The average Bonchev–Trinajstić information content (AvgIpc) is 2.39. The second-order valence-corrected chi connectivity index (χ2v) is 4.44. The Morgan fingerprint density at radius 1 is 1.58 bits per heavy atom. The Morgan fingerprint density at radius 3 is 3.16 bits per heavy atom. The van der Waals surface area contributed by atoms with Crippen molar-refractivity contribution in [2.75, 3.05) is 11.9 Å². The van der Waals surface area contributed by atoms with E-state index in [1.165, 1.54) is 0 Å². The van der Waals surface area contributed by atoms with Crippen LogP contribution in [-0.2, 0) is 4.79 Å². The van der Waals surface area contributed by atoms with Gasteiger partial charge in [-0.15, -0.1) is 0 Å². The molecule has 19 heavy (non-hydrogen) atoms. The maximum atomic E-state index is 10.6. The van der Waals surface area contributed by atoms with E-state index in [2.05, 4.69) is 28.5 Å². The number of carboxylic acids is 1. The molecule has 2 N–H and O–H groups in total. The molecule has 0 aromatic heterocycles. The first-order chi connectivity index (χ1) is 9.22. The van der Waals surface area contributed by atoms with E-state index in [9.17, 15) is 4.79 Å². The number of carbonyl (C=O) groups is 1. The van der Waals surface area contributed by atoms with Crippen LogP contribution in [-0.4, -0.2) is 23.8 Å². The summed E-state index contributed by atoms with van der Waals surface area (Å²) >= 11 is 0. The van der Waals surface area contributed by atoms with Crippen molar-refractivity contribution in [2.24, 2.45) is 4.99 Å². The number of nitrogens with one attached hydrogen (secondary N) is 1. The van der Waals surface area contributed by atoms with Crippen molar-refractivity contribution in [3.63, 3.8) is 0 Å². The molecule has 2 rings (SSSR count). The van der Waals surface area contributed by atoms with E-state index in [-0.39, 0.29) is 12.5 Å². The quantitative estimate of drug-likeness (QED) is 0.798. The molecule has 1 aliphatic rings. The topological polar surface area (TPSA) is 61.7 Å². The van der Waals surface area contributed by atoms with Gasteiger partial charge in [-0.2, -0.15) is 0 Å². The van der Waals surface area contributed by atoms with E-state index in [0.29, 0.717) is 6.54 Å². The zero-order chi connectivity index (χ0) is 13.7. The Morgan fingerprint density at radius 2 is 2.42 bits per heavy atom. The smallest absolute Gasteiger partial charge is 0.305 e. The molecule has 0 amide bonds. The first-order valence-corrected chi connectivity index (χ1v) is 6.45. The van der Waals surface area contributed by atoms with Crippen LogP contribution in [0.3, 0.4) is 0 Å². The fourth-order valence-electron chi connectivity index (χ4n) is 2.32. The van der Waals surface area contributed by atoms with Gasteiger partial charge in [-0.3, -0.25) is 9.79 Å². The van der Waals surface area contributed by atoms with Crippen LogP contribution in [0.1, 0.15) is 36.9 Å². The molecule has 100 valence electrons. The largest absolute Gasteiger partial charge is 0.481 e. The second-order valence-electron chi connectivity index (χ2n) is 4.44. The SMILES string of the molecule is C/C=N\C1CC=Cc2cccc(NCCC(=O)O)c21. The molecule has 1 aliphatic carbocycles. The number of nitrogens with zero attached hydrogens (tertiary/aromatic N) is 1. The van der Waals surface area contributed by atoms with Crippen LogP contribution < -0.4 is 5.32 Å². The third-order valence-corrected chi connectivity index (χ3v) is 3.11. The predicted octanol–water partition coefficient (Wildman–Crippen LogP) is 3.12. The Labute approximate surface area is 112 Å². The van der Waals surface area contributed by atoms with Crippen molar-refractivity contribution in [1.82, 2.24) is 0 Å². The summed E-state index contributed by atoms with van der Waals surface area (Å²) in [5.74, 6) is -0.791. The maximum absolute atomic E-state index is 10.6. The zero-order valence-electron chi connectivity index (χ0n) is 11.0. The molecule has 0 bridgehead atoms. The van der Waals surface area contributed by atoms with E-state index in [0.717, 1.165) is 23.2 Å². The highest BCUT2D eigenvalue weighted by molar-refractivity contribution is 5.70. The number of rotatable bonds is 5. The van der Waals surface area contributed by atoms with Crippen LogP contribution in [0.5, 0.6) is 0 Å². The Bertz CT molecular complexity index is 521. The molecule has 0 fully saturated rings. The first kappa shape index (κ1) is 13.3. The van der Waals surface area contributed by atoms with Crippen LogP contribution in [0.15, 0.2) is 29.3 Å². The van der Waals surface area contributed by atoms with Crippen LogP contribution in [0.4, 0.5) is 5.69 Å². The summed E-state index contributed by atoms with van der Waals surface area (Å²) in [6.45, 7) is 2.34. The first-order valence-electron chi connectivity index (χ1n) is 6.45. The zero-order valence-corrected chi connectivity index (χ0v) is 11.0. The number of carboxylic acid groups (broad SMARTS) is 1. The molecular weight excluding hydrogens is 240 g/mol. The van der Waals surface area contributed by atoms with E-state index < -0.39 is 5.97 Å². The van der Waals surface area contributed by atoms with Crippen molar-refractivity contribution < 1.29 is 9.90 Å². The number of anilines is 1. The van der Waals surface area contributed by atoms with Gasteiger partial charge in [-0.1, -0.05) is 24.3 Å². The molecule has 1 unspecified atom stereocenters. The molecule has 0 spiro atoms. The highest BCUT2D eigenvalue weighted by Gasteiger charge is 2.19. The third-order valence-electron chi connectivity index (χ3n) is 3.11. The van der Waals surface area contributed by atoms with Crippen molar-refractivity contribution in [1.29, 1.82) is 0 Å². The normalized spacial score (nSPS) is 17.4. The number of aliphatic imine (C=N–C) groups is 1. The van der Waals surface area contributed by atoms with Gasteiger partial charge in [-0.25, -0.2) is 0 Å². The summed E-state index contributed by atoms with van der Waals surface area (Å²) in [4.78, 5) is 15.1. The maximum Gasteiger partial charge on any atom is 0.305 e. The highest BCUT2D eigenvalue weighted by atomic mass is 16.4. The molecule has 0 aliphatic heterocycles. The summed E-state index contributed by atoms with van der Waals surface area (Å²) in [7, 11) is 0. The van der Waals surface area contributed by atoms with Crippen LogP contribution in [0.25, 0.3) is 6.08 Å². The lowest BCUT2D eigenvalue weighted by atomic mass is 9.91. The monoisotopic (exact) mass is 258 g/mol. The van der Waals surface area contributed by atoms with Crippen LogP contribution in [0.2, 0.25) is 0 Å². The predicted molar refractivity (Wildman–Crippen MR) is 77.7 cm³/mol. The molecule has 4 nitrogen and oxygen atoms in total. The number of hydrogen-bond donors (Lipinski definition) is 2. The lowest BCUT2D eigenvalue weighted by molar-refractivity contribution is -0.136. The molecule has 0 heterocycles. The Kier molecular flexibility index (Phi) is 4.34. The van der Waals surface area contributed by atoms with Crippen molar-refractivity contribution in [2.45, 2.75) is 25.8 Å². The van der Waals surface area contributed by atoms with E-state index in [1.807, 2.05) is 25.3 Å². The highest BCUT2D eigenvalue weighted by Crippen LogP contribution is 2.36.